The molecule has 2 amide bonds. The summed E-state index contributed by atoms with van der Waals surface area (Å²) in [5, 5.41) is 0.310. The molecule has 1 aliphatic rings. The number of benzene rings is 1. The number of imide groups is 1. The van der Waals surface area contributed by atoms with Crippen molar-refractivity contribution >= 4 is 34.8 Å². The van der Waals surface area contributed by atoms with E-state index in [0.29, 0.717) is 16.4 Å². The van der Waals surface area contributed by atoms with Gasteiger partial charge in [0.25, 0.3) is 11.8 Å². The van der Waals surface area contributed by atoms with Gasteiger partial charge in [0.1, 0.15) is 13.2 Å². The first-order valence-electron chi connectivity index (χ1n) is 4.58. The Bertz CT molecular complexity index is 445. The summed E-state index contributed by atoms with van der Waals surface area (Å²) in [5.74, 6) is -0.811. The first-order chi connectivity index (χ1) is 7.59. The Morgan fingerprint density at radius 3 is 2.44 bits per heavy atom. The lowest BCUT2D eigenvalue weighted by Gasteiger charge is -2.25. The van der Waals surface area contributed by atoms with Gasteiger partial charge in [0, 0.05) is 0 Å². The molecular formula is C10H9ClN2O3. The molecular weight excluding hydrogens is 232 g/mol. The van der Waals surface area contributed by atoms with Crippen LogP contribution >= 0.6 is 11.6 Å². The summed E-state index contributed by atoms with van der Waals surface area (Å²) in [6, 6.07) is 4.61. The van der Waals surface area contributed by atoms with Crippen molar-refractivity contribution in [2.45, 2.75) is 0 Å². The van der Waals surface area contributed by atoms with Crippen LogP contribution in [0.15, 0.2) is 18.2 Å². The van der Waals surface area contributed by atoms with Gasteiger partial charge in [0.05, 0.1) is 16.4 Å². The molecule has 1 heterocycles. The van der Waals surface area contributed by atoms with Crippen molar-refractivity contribution < 1.29 is 14.3 Å². The third kappa shape index (κ3) is 1.87. The van der Waals surface area contributed by atoms with E-state index in [4.69, 9.17) is 22.1 Å². The summed E-state index contributed by atoms with van der Waals surface area (Å²) in [4.78, 5) is 24.1. The van der Waals surface area contributed by atoms with Gasteiger partial charge in [-0.25, -0.2) is 4.90 Å². The van der Waals surface area contributed by atoms with Gasteiger partial charge < -0.3 is 10.5 Å². The first-order valence-corrected chi connectivity index (χ1v) is 4.96. The zero-order valence-corrected chi connectivity index (χ0v) is 9.03. The van der Waals surface area contributed by atoms with E-state index in [1.165, 1.54) is 6.07 Å². The monoisotopic (exact) mass is 240 g/mol. The summed E-state index contributed by atoms with van der Waals surface area (Å²) in [7, 11) is 0. The van der Waals surface area contributed by atoms with E-state index in [1.54, 1.807) is 12.1 Å². The SMILES string of the molecule is Nc1ccc(N2C(=O)COCC2=O)cc1Cl. The highest BCUT2D eigenvalue weighted by Gasteiger charge is 2.28. The topological polar surface area (TPSA) is 72.6 Å². The van der Waals surface area contributed by atoms with Crippen LogP contribution < -0.4 is 10.6 Å². The van der Waals surface area contributed by atoms with Crippen LogP contribution in [0.5, 0.6) is 0 Å². The third-order valence-electron chi connectivity index (χ3n) is 2.19. The van der Waals surface area contributed by atoms with Crippen molar-refractivity contribution in [1.82, 2.24) is 0 Å². The van der Waals surface area contributed by atoms with Gasteiger partial charge >= 0.3 is 0 Å². The van der Waals surface area contributed by atoms with E-state index in [9.17, 15) is 9.59 Å². The molecule has 2 rings (SSSR count). The summed E-state index contributed by atoms with van der Waals surface area (Å²) in [6.07, 6.45) is 0. The van der Waals surface area contributed by atoms with Crippen LogP contribution in [0.3, 0.4) is 0 Å². The summed E-state index contributed by atoms with van der Waals surface area (Å²) < 4.78 is 4.80. The van der Waals surface area contributed by atoms with Gasteiger partial charge in [-0.2, -0.15) is 0 Å². The third-order valence-corrected chi connectivity index (χ3v) is 2.52. The van der Waals surface area contributed by atoms with E-state index < -0.39 is 11.8 Å². The molecule has 6 heteroatoms. The molecule has 2 N–H and O–H groups in total. The average molecular weight is 241 g/mol. The fourth-order valence-electron chi connectivity index (χ4n) is 1.44. The number of nitrogen functional groups attached to an aromatic ring is 1. The minimum absolute atomic E-state index is 0.103. The molecule has 16 heavy (non-hydrogen) atoms. The molecule has 0 saturated carbocycles. The smallest absolute Gasteiger partial charge is 0.259 e. The molecule has 0 spiro atoms. The van der Waals surface area contributed by atoms with Crippen LogP contribution in [0.1, 0.15) is 0 Å². The Balaban J connectivity index is 2.38. The van der Waals surface area contributed by atoms with Gasteiger partial charge in [0.15, 0.2) is 0 Å². The van der Waals surface area contributed by atoms with Crippen molar-refractivity contribution in [3.8, 4) is 0 Å². The van der Waals surface area contributed by atoms with Gasteiger partial charge in [-0.15, -0.1) is 0 Å². The molecule has 1 aromatic rings. The lowest BCUT2D eigenvalue weighted by molar-refractivity contribution is -0.138. The van der Waals surface area contributed by atoms with Crippen molar-refractivity contribution in [1.29, 1.82) is 0 Å². The zero-order valence-electron chi connectivity index (χ0n) is 8.27. The molecule has 1 saturated heterocycles. The highest BCUT2D eigenvalue weighted by molar-refractivity contribution is 6.33. The number of halogens is 1. The number of nitrogens with zero attached hydrogens (tertiary/aromatic N) is 1. The summed E-state index contributed by atoms with van der Waals surface area (Å²) in [5.41, 5.74) is 6.36. The van der Waals surface area contributed by atoms with Crippen molar-refractivity contribution in [2.75, 3.05) is 23.8 Å². The average Bonchev–Trinajstić information content (AvgIpc) is 2.23. The number of rotatable bonds is 1. The molecule has 0 radical (unpaired) electrons. The van der Waals surface area contributed by atoms with Gasteiger partial charge in [0.2, 0.25) is 0 Å². The predicted octanol–water partition coefficient (Wildman–Crippen LogP) is 0.812. The highest BCUT2D eigenvalue weighted by atomic mass is 35.5. The summed E-state index contributed by atoms with van der Waals surface area (Å²) >= 11 is 5.82. The maximum absolute atomic E-state index is 11.5. The first kappa shape index (κ1) is 10.9. The van der Waals surface area contributed by atoms with Crippen LogP contribution in [0.4, 0.5) is 11.4 Å². The van der Waals surface area contributed by atoms with Crippen LogP contribution in [0.2, 0.25) is 5.02 Å². The lowest BCUT2D eigenvalue weighted by Crippen LogP contribution is -2.46. The number of nitrogens with two attached hydrogens (primary N) is 1. The molecule has 0 aliphatic carbocycles. The minimum Gasteiger partial charge on any atom is -0.398 e. The fraction of sp³-hybridized carbons (Fsp3) is 0.200. The lowest BCUT2D eigenvalue weighted by atomic mass is 10.2. The second-order valence-corrected chi connectivity index (χ2v) is 3.73. The Labute approximate surface area is 96.7 Å². The van der Waals surface area contributed by atoms with E-state index in [0.717, 1.165) is 4.90 Å². The second-order valence-electron chi connectivity index (χ2n) is 3.32. The number of hydrogen-bond donors (Lipinski definition) is 1. The molecule has 84 valence electrons. The van der Waals surface area contributed by atoms with E-state index in [1.807, 2.05) is 0 Å². The minimum atomic E-state index is -0.405. The van der Waals surface area contributed by atoms with Crippen molar-refractivity contribution in [3.05, 3.63) is 23.2 Å². The van der Waals surface area contributed by atoms with E-state index >= 15 is 0 Å². The largest absolute Gasteiger partial charge is 0.398 e. The molecule has 0 unspecified atom stereocenters. The van der Waals surface area contributed by atoms with E-state index in [2.05, 4.69) is 0 Å². The van der Waals surface area contributed by atoms with Crippen molar-refractivity contribution in [2.24, 2.45) is 0 Å². The van der Waals surface area contributed by atoms with Gasteiger partial charge in [-0.05, 0) is 18.2 Å². The Morgan fingerprint density at radius 1 is 1.25 bits per heavy atom. The molecule has 5 nitrogen and oxygen atoms in total. The van der Waals surface area contributed by atoms with Gasteiger partial charge in [-0.1, -0.05) is 11.6 Å². The molecule has 0 aromatic heterocycles. The Hall–Kier alpha value is -1.59. The standard InChI is InChI=1S/C10H9ClN2O3/c11-7-3-6(1-2-8(7)12)13-9(14)4-16-5-10(13)15/h1-3H,4-5,12H2. The maximum Gasteiger partial charge on any atom is 0.259 e. The van der Waals surface area contributed by atoms with Crippen LogP contribution in [0.25, 0.3) is 0 Å². The molecule has 1 aromatic carbocycles. The normalized spacial score (nSPS) is 16.7. The zero-order chi connectivity index (χ0) is 11.7. The van der Waals surface area contributed by atoms with E-state index in [-0.39, 0.29) is 13.2 Å². The fourth-order valence-corrected chi connectivity index (χ4v) is 1.61. The molecule has 0 atom stereocenters. The van der Waals surface area contributed by atoms with Crippen molar-refractivity contribution in [3.63, 3.8) is 0 Å². The number of hydrogen-bond acceptors (Lipinski definition) is 4. The number of amides is 2. The summed E-state index contributed by atoms with van der Waals surface area (Å²) in [6.45, 7) is -0.207. The van der Waals surface area contributed by atoms with Crippen LogP contribution in [-0.4, -0.2) is 25.0 Å². The molecule has 0 bridgehead atoms. The van der Waals surface area contributed by atoms with Gasteiger partial charge in [-0.3, -0.25) is 9.59 Å². The Morgan fingerprint density at radius 2 is 1.88 bits per heavy atom. The highest BCUT2D eigenvalue weighted by Crippen LogP contribution is 2.26. The second kappa shape index (κ2) is 4.11. The number of carbonyl (C=O) groups is 2. The number of carbonyl (C=O) groups excluding carboxylic acids is 2. The predicted molar refractivity (Wildman–Crippen MR) is 59.2 cm³/mol. The Kier molecular flexibility index (Phi) is 2.80. The quantitative estimate of drug-likeness (QED) is 0.583. The number of anilines is 2. The molecule has 1 aliphatic heterocycles. The molecule has 1 fully saturated rings. The number of ether oxygens (including phenoxy) is 1. The van der Waals surface area contributed by atoms with Crippen LogP contribution in [0, 0.1) is 0 Å². The maximum atomic E-state index is 11.5. The van der Waals surface area contributed by atoms with Crippen LogP contribution in [-0.2, 0) is 14.3 Å². The number of morpholine rings is 1.